The van der Waals surface area contributed by atoms with Gasteiger partial charge in [0.1, 0.15) is 5.75 Å². The fourth-order valence-corrected chi connectivity index (χ4v) is 6.62. The number of aliphatic hydroxyl groups is 1. The highest BCUT2D eigenvalue weighted by molar-refractivity contribution is 7.95. The van der Waals surface area contributed by atoms with Gasteiger partial charge in [-0.3, -0.25) is 14.3 Å². The maximum atomic E-state index is 11.5. The van der Waals surface area contributed by atoms with Crippen LogP contribution in [0, 0.1) is 11.8 Å². The van der Waals surface area contributed by atoms with Crippen LogP contribution in [0.3, 0.4) is 0 Å². The third-order valence-corrected chi connectivity index (χ3v) is 9.73. The lowest BCUT2D eigenvalue weighted by Gasteiger charge is -2.43. The molecule has 2 aromatic rings. The number of carbonyl (C=O) groups is 2. The van der Waals surface area contributed by atoms with Crippen LogP contribution in [0.4, 0.5) is 5.69 Å². The summed E-state index contributed by atoms with van der Waals surface area (Å²) < 4.78 is 17.4. The zero-order valence-electron chi connectivity index (χ0n) is 28.7. The Kier molecular flexibility index (Phi) is 16.4. The van der Waals surface area contributed by atoms with Crippen LogP contribution in [0.25, 0.3) is 0 Å². The number of rotatable bonds is 15. The number of fused-ring (bicyclic) bond motifs is 1. The van der Waals surface area contributed by atoms with Crippen LogP contribution in [0.2, 0.25) is 5.02 Å². The van der Waals surface area contributed by atoms with Crippen molar-refractivity contribution in [1.29, 1.82) is 0 Å². The molecule has 5 unspecified atom stereocenters. The predicted octanol–water partition coefficient (Wildman–Crippen LogP) is 6.31. The van der Waals surface area contributed by atoms with Crippen molar-refractivity contribution in [2.45, 2.75) is 71.0 Å². The molecule has 47 heavy (non-hydrogen) atoms. The summed E-state index contributed by atoms with van der Waals surface area (Å²) in [6.07, 6.45) is 9.59. The lowest BCUT2D eigenvalue weighted by atomic mass is 9.70. The van der Waals surface area contributed by atoms with Crippen LogP contribution >= 0.6 is 23.7 Å². The van der Waals surface area contributed by atoms with Gasteiger partial charge in [0.2, 0.25) is 12.3 Å². The first-order valence-corrected chi connectivity index (χ1v) is 17.7. The lowest BCUT2D eigenvalue weighted by Crippen LogP contribution is -2.44. The normalized spacial score (nSPS) is 20.1. The average Bonchev–Trinajstić information content (AvgIpc) is 3.22. The Morgan fingerprint density at radius 3 is 2.66 bits per heavy atom. The molecule has 260 valence electrons. The lowest BCUT2D eigenvalue weighted by molar-refractivity contribution is -0.127. The Morgan fingerprint density at radius 1 is 1.28 bits per heavy atom. The van der Waals surface area contributed by atoms with Crippen molar-refractivity contribution in [3.63, 3.8) is 0 Å². The van der Waals surface area contributed by atoms with Gasteiger partial charge in [0, 0.05) is 63.8 Å². The molecule has 2 aromatic carbocycles. The predicted molar refractivity (Wildman–Crippen MR) is 193 cm³/mol. The number of nitrogens with zero attached hydrogens (tertiary/aromatic N) is 2. The number of ether oxygens (including phenoxy) is 2. The monoisotopic (exact) mass is 688 g/mol. The molecule has 9 nitrogen and oxygen atoms in total. The molecule has 11 heteroatoms. The second-order valence-corrected chi connectivity index (χ2v) is 13.6. The minimum Gasteiger partial charge on any atom is -0.491 e. The fraction of sp³-hybridized carbons (Fsp3) is 0.556. The van der Waals surface area contributed by atoms with Gasteiger partial charge < -0.3 is 24.4 Å². The van der Waals surface area contributed by atoms with Gasteiger partial charge in [-0.2, -0.15) is 0 Å². The number of methoxy groups -OCH3 is 1. The summed E-state index contributed by atoms with van der Waals surface area (Å²) in [5.41, 5.74) is 4.56. The molecule has 0 aromatic heterocycles. The number of nitrogens with one attached hydrogen (secondary N) is 2. The SMILES string of the molecule is CCCc1cc(Cl)ccc1C1COc2ccc(C(C)O)cc2N(CC2CCC2C(/C=C/CCN(C)C(C)=O)OC)C1.CNSNC=O. The van der Waals surface area contributed by atoms with Crippen LogP contribution < -0.4 is 19.1 Å². The Balaban J connectivity index is 0.000000913. The van der Waals surface area contributed by atoms with Gasteiger partial charge >= 0.3 is 0 Å². The van der Waals surface area contributed by atoms with Crippen LogP contribution in [-0.2, 0) is 20.7 Å². The quantitative estimate of drug-likeness (QED) is 0.0867. The van der Waals surface area contributed by atoms with Gasteiger partial charge in [-0.15, -0.1) is 0 Å². The number of anilines is 1. The van der Waals surface area contributed by atoms with Crippen molar-refractivity contribution in [3.05, 3.63) is 70.3 Å². The Hall–Kier alpha value is -2.76. The topological polar surface area (TPSA) is 103 Å². The molecule has 0 bridgehead atoms. The van der Waals surface area contributed by atoms with E-state index in [0.717, 1.165) is 79.4 Å². The van der Waals surface area contributed by atoms with Gasteiger partial charge in [-0.05, 0) is 92.4 Å². The summed E-state index contributed by atoms with van der Waals surface area (Å²) in [6.45, 7) is 8.65. The number of amides is 2. The first kappa shape index (κ1) is 38.7. The van der Waals surface area contributed by atoms with E-state index < -0.39 is 6.10 Å². The molecule has 0 radical (unpaired) electrons. The maximum absolute atomic E-state index is 11.5. The van der Waals surface area contributed by atoms with Gasteiger partial charge in [0.25, 0.3) is 0 Å². The highest BCUT2D eigenvalue weighted by atomic mass is 35.5. The first-order valence-electron chi connectivity index (χ1n) is 16.5. The minimum absolute atomic E-state index is 0.0473. The largest absolute Gasteiger partial charge is 0.491 e. The van der Waals surface area contributed by atoms with E-state index in [0.29, 0.717) is 31.4 Å². The summed E-state index contributed by atoms with van der Waals surface area (Å²) in [7, 11) is 5.35. The summed E-state index contributed by atoms with van der Waals surface area (Å²) in [5, 5.41) is 11.1. The van der Waals surface area contributed by atoms with E-state index in [1.54, 1.807) is 26.0 Å². The highest BCUT2D eigenvalue weighted by Crippen LogP contribution is 2.43. The molecule has 5 atom stereocenters. The van der Waals surface area contributed by atoms with Gasteiger partial charge in [-0.25, -0.2) is 4.72 Å². The molecule has 1 fully saturated rings. The van der Waals surface area contributed by atoms with Crippen LogP contribution in [0.15, 0.2) is 48.6 Å². The van der Waals surface area contributed by atoms with Crippen LogP contribution in [-0.4, -0.2) is 75.9 Å². The molecule has 3 N–H and O–H groups in total. The van der Waals surface area contributed by atoms with E-state index in [1.165, 1.54) is 11.1 Å². The zero-order valence-corrected chi connectivity index (χ0v) is 30.3. The maximum Gasteiger partial charge on any atom is 0.219 e. The Labute approximate surface area is 290 Å². The molecule has 1 aliphatic heterocycles. The number of carbonyl (C=O) groups excluding carboxylic acids is 2. The van der Waals surface area contributed by atoms with E-state index in [2.05, 4.69) is 51.6 Å². The highest BCUT2D eigenvalue weighted by Gasteiger charge is 2.38. The third-order valence-electron chi connectivity index (χ3n) is 9.08. The summed E-state index contributed by atoms with van der Waals surface area (Å²) in [6, 6.07) is 12.4. The van der Waals surface area contributed by atoms with Crippen molar-refractivity contribution in [2.75, 3.05) is 52.3 Å². The zero-order chi connectivity index (χ0) is 34.3. The summed E-state index contributed by atoms with van der Waals surface area (Å²) in [5.74, 6) is 2.06. The standard InChI is InChI=1S/C34H47ClN2O4.C2H6N2OS/c1-6-9-26-18-29(35)13-15-30(26)28-21-37(32-19-25(23(2)38)12-16-34(32)41-22-28)20-27-11-14-31(27)33(40-5)10-7-8-17-36(4)24(3)39;1-3-6-4-2-5/h7,10,12-13,15-16,18-19,23,27-28,31,33,38H,6,8-9,11,14,17,20-22H2,1-5H3;2-3H,1H3,(H,4,5)/b10-7+;. The fourth-order valence-electron chi connectivity index (χ4n) is 6.26. The van der Waals surface area contributed by atoms with Crippen molar-refractivity contribution >= 4 is 41.7 Å². The molecule has 0 saturated heterocycles. The third kappa shape index (κ3) is 11.4. The van der Waals surface area contributed by atoms with Gasteiger partial charge in [-0.1, -0.05) is 49.2 Å². The van der Waals surface area contributed by atoms with Crippen LogP contribution in [0.1, 0.15) is 75.2 Å². The van der Waals surface area contributed by atoms with E-state index in [9.17, 15) is 14.7 Å². The van der Waals surface area contributed by atoms with Crippen LogP contribution in [0.5, 0.6) is 5.75 Å². The molecule has 0 spiro atoms. The van der Waals surface area contributed by atoms with Crippen molar-refractivity contribution in [3.8, 4) is 5.75 Å². The van der Waals surface area contributed by atoms with Crippen molar-refractivity contribution in [2.24, 2.45) is 11.8 Å². The number of hydrogen-bond acceptors (Lipinski definition) is 8. The average molecular weight is 689 g/mol. The van der Waals surface area contributed by atoms with E-state index in [-0.39, 0.29) is 17.9 Å². The van der Waals surface area contributed by atoms with Gasteiger partial charge in [0.15, 0.2) is 0 Å². The molecule has 1 aliphatic carbocycles. The Morgan fingerprint density at radius 2 is 2.06 bits per heavy atom. The molecule has 2 amide bonds. The molecule has 1 heterocycles. The number of aryl methyl sites for hydroxylation is 1. The Bertz CT molecular complexity index is 1310. The summed E-state index contributed by atoms with van der Waals surface area (Å²) in [4.78, 5) is 25.1. The van der Waals surface area contributed by atoms with E-state index in [1.807, 2.05) is 32.2 Å². The molecule has 4 rings (SSSR count). The molecular weight excluding hydrogens is 636 g/mol. The van der Waals surface area contributed by atoms with E-state index in [4.69, 9.17) is 21.1 Å². The van der Waals surface area contributed by atoms with Gasteiger partial charge in [0.05, 0.1) is 24.5 Å². The smallest absolute Gasteiger partial charge is 0.219 e. The molecule has 1 saturated carbocycles. The second kappa shape index (κ2) is 19.9. The number of benzene rings is 2. The van der Waals surface area contributed by atoms with E-state index >= 15 is 0 Å². The number of halogens is 1. The number of hydrogen-bond donors (Lipinski definition) is 3. The summed E-state index contributed by atoms with van der Waals surface area (Å²) >= 11 is 7.54. The van der Waals surface area contributed by atoms with Crippen molar-refractivity contribution in [1.82, 2.24) is 14.3 Å². The number of aliphatic hydroxyl groups excluding tert-OH is 1. The second-order valence-electron chi connectivity index (χ2n) is 12.3. The molecule has 2 aliphatic rings. The van der Waals surface area contributed by atoms with Crippen molar-refractivity contribution < 1.29 is 24.2 Å². The first-order chi connectivity index (χ1) is 22.6. The molecular formula is C36H53ClN4O5S. The minimum atomic E-state index is -0.546.